The molecule has 1 N–H and O–H groups in total. The van der Waals surface area contributed by atoms with E-state index in [9.17, 15) is 4.79 Å². The molecule has 0 aromatic carbocycles. The summed E-state index contributed by atoms with van der Waals surface area (Å²) < 4.78 is 0. The van der Waals surface area contributed by atoms with Crippen molar-refractivity contribution in [2.24, 2.45) is 11.3 Å². The van der Waals surface area contributed by atoms with Gasteiger partial charge in [0.15, 0.2) is 0 Å². The van der Waals surface area contributed by atoms with Gasteiger partial charge < -0.3 is 5.11 Å². The van der Waals surface area contributed by atoms with Gasteiger partial charge in [-0.05, 0) is 27.8 Å². The van der Waals surface area contributed by atoms with Crippen molar-refractivity contribution >= 4 is 17.3 Å². The van der Waals surface area contributed by atoms with Crippen molar-refractivity contribution in [3.8, 4) is 0 Å². The molecule has 70 valence electrons. The van der Waals surface area contributed by atoms with Gasteiger partial charge in [-0.25, -0.2) is 0 Å². The fourth-order valence-electron chi connectivity index (χ4n) is 2.17. The normalized spacial score (nSPS) is 30.0. The van der Waals surface area contributed by atoms with Gasteiger partial charge in [0.25, 0.3) is 0 Å². The molecule has 1 aliphatic carbocycles. The molecule has 0 aliphatic heterocycles. The Hall–Kier alpha value is -0.830. The van der Waals surface area contributed by atoms with E-state index in [2.05, 4.69) is 5.38 Å². The second kappa shape index (κ2) is 2.58. The smallest absolute Gasteiger partial charge is 0.307 e. The molecule has 2 nitrogen and oxygen atoms in total. The van der Waals surface area contributed by atoms with Gasteiger partial charge in [-0.2, -0.15) is 11.3 Å². The zero-order valence-corrected chi connectivity index (χ0v) is 8.47. The monoisotopic (exact) mass is 196 g/mol. The topological polar surface area (TPSA) is 37.3 Å². The molecular weight excluding hydrogens is 184 g/mol. The van der Waals surface area contributed by atoms with E-state index >= 15 is 0 Å². The van der Waals surface area contributed by atoms with Crippen LogP contribution in [0.25, 0.3) is 0 Å². The van der Waals surface area contributed by atoms with Crippen LogP contribution in [0, 0.1) is 11.3 Å². The maximum absolute atomic E-state index is 10.9. The quantitative estimate of drug-likeness (QED) is 0.789. The second-order valence-electron chi connectivity index (χ2n) is 4.17. The highest BCUT2D eigenvalue weighted by Crippen LogP contribution is 2.64. The van der Waals surface area contributed by atoms with E-state index in [1.807, 2.05) is 25.3 Å². The van der Waals surface area contributed by atoms with Crippen LogP contribution in [0.2, 0.25) is 0 Å². The van der Waals surface area contributed by atoms with Crippen molar-refractivity contribution in [3.05, 3.63) is 22.4 Å². The molecule has 0 radical (unpaired) electrons. The first-order valence-corrected chi connectivity index (χ1v) is 5.24. The average molecular weight is 196 g/mol. The fraction of sp³-hybridized carbons (Fsp3) is 0.500. The Balaban J connectivity index is 2.25. The predicted molar refractivity (Wildman–Crippen MR) is 52.0 cm³/mol. The lowest BCUT2D eigenvalue weighted by molar-refractivity contribution is -0.139. The molecule has 0 amide bonds. The molecule has 1 heterocycles. The first kappa shape index (κ1) is 8.75. The van der Waals surface area contributed by atoms with E-state index in [1.54, 1.807) is 11.3 Å². The molecule has 2 unspecified atom stereocenters. The predicted octanol–water partition coefficient (Wildman–Crippen LogP) is 2.57. The zero-order chi connectivity index (χ0) is 9.64. The van der Waals surface area contributed by atoms with Gasteiger partial charge >= 0.3 is 5.97 Å². The summed E-state index contributed by atoms with van der Waals surface area (Å²) in [6.45, 7) is 4.04. The van der Waals surface area contributed by atoms with Crippen molar-refractivity contribution in [1.82, 2.24) is 0 Å². The van der Waals surface area contributed by atoms with Crippen LogP contribution in [-0.2, 0) is 4.79 Å². The average Bonchev–Trinajstić information content (AvgIpc) is 2.50. The molecular formula is C10H12O2S. The van der Waals surface area contributed by atoms with Crippen LogP contribution in [0.4, 0.5) is 0 Å². The number of hydrogen-bond donors (Lipinski definition) is 1. The number of rotatable bonds is 2. The molecule has 1 aliphatic rings. The Morgan fingerprint density at radius 1 is 1.62 bits per heavy atom. The maximum Gasteiger partial charge on any atom is 0.307 e. The van der Waals surface area contributed by atoms with Crippen molar-refractivity contribution in [2.45, 2.75) is 19.8 Å². The highest BCUT2D eigenvalue weighted by Gasteiger charge is 2.62. The van der Waals surface area contributed by atoms with Crippen LogP contribution in [0.1, 0.15) is 25.3 Å². The minimum absolute atomic E-state index is 0.0626. The molecule has 1 fully saturated rings. The molecule has 1 aromatic heterocycles. The molecule has 0 saturated heterocycles. The second-order valence-corrected chi connectivity index (χ2v) is 4.95. The summed E-state index contributed by atoms with van der Waals surface area (Å²) in [7, 11) is 0. The van der Waals surface area contributed by atoms with Gasteiger partial charge in [0.1, 0.15) is 0 Å². The minimum atomic E-state index is -0.666. The maximum atomic E-state index is 10.9. The van der Waals surface area contributed by atoms with Gasteiger partial charge in [0.2, 0.25) is 0 Å². The first-order chi connectivity index (χ1) is 6.05. The molecule has 3 heteroatoms. The Kier molecular flexibility index (Phi) is 1.74. The summed E-state index contributed by atoms with van der Waals surface area (Å²) in [6, 6.07) is 2.03. The van der Waals surface area contributed by atoms with E-state index in [0.717, 1.165) is 0 Å². The summed E-state index contributed by atoms with van der Waals surface area (Å²) in [5, 5.41) is 13.0. The fourth-order valence-corrected chi connectivity index (χ4v) is 2.87. The van der Waals surface area contributed by atoms with E-state index in [1.165, 1.54) is 5.56 Å². The molecule has 2 rings (SSSR count). The van der Waals surface area contributed by atoms with Gasteiger partial charge in [0, 0.05) is 5.92 Å². The number of carbonyl (C=O) groups is 1. The zero-order valence-electron chi connectivity index (χ0n) is 7.65. The molecule has 0 bridgehead atoms. The van der Waals surface area contributed by atoms with Crippen molar-refractivity contribution < 1.29 is 9.90 Å². The first-order valence-electron chi connectivity index (χ1n) is 4.30. The van der Waals surface area contributed by atoms with Gasteiger partial charge in [0.05, 0.1) is 5.92 Å². The van der Waals surface area contributed by atoms with Crippen LogP contribution >= 0.6 is 11.3 Å². The lowest BCUT2D eigenvalue weighted by atomic mass is 10.1. The highest BCUT2D eigenvalue weighted by atomic mass is 32.1. The Morgan fingerprint density at radius 2 is 2.31 bits per heavy atom. The number of carboxylic acids is 1. The summed E-state index contributed by atoms with van der Waals surface area (Å²) in [5.41, 5.74) is 1.12. The Labute approximate surface area is 81.2 Å². The molecule has 0 spiro atoms. The summed E-state index contributed by atoms with van der Waals surface area (Å²) in [5.74, 6) is -0.639. The van der Waals surface area contributed by atoms with Gasteiger partial charge in [-0.1, -0.05) is 13.8 Å². The highest BCUT2D eigenvalue weighted by molar-refractivity contribution is 7.08. The van der Waals surface area contributed by atoms with Crippen LogP contribution in [0.5, 0.6) is 0 Å². The van der Waals surface area contributed by atoms with Crippen molar-refractivity contribution in [1.29, 1.82) is 0 Å². The van der Waals surface area contributed by atoms with Gasteiger partial charge in [-0.3, -0.25) is 4.79 Å². The Morgan fingerprint density at radius 3 is 2.69 bits per heavy atom. The summed E-state index contributed by atoms with van der Waals surface area (Å²) in [6.07, 6.45) is 0. The van der Waals surface area contributed by atoms with E-state index < -0.39 is 5.97 Å². The van der Waals surface area contributed by atoms with Crippen LogP contribution < -0.4 is 0 Å². The minimum Gasteiger partial charge on any atom is -0.481 e. The number of hydrogen-bond acceptors (Lipinski definition) is 2. The number of aliphatic carboxylic acids is 1. The lowest BCUT2D eigenvalue weighted by Gasteiger charge is -1.98. The number of carboxylic acid groups (broad SMARTS) is 1. The third kappa shape index (κ3) is 1.18. The van der Waals surface area contributed by atoms with Crippen LogP contribution in [0.3, 0.4) is 0 Å². The van der Waals surface area contributed by atoms with E-state index in [0.29, 0.717) is 0 Å². The van der Waals surface area contributed by atoms with Crippen LogP contribution in [-0.4, -0.2) is 11.1 Å². The summed E-state index contributed by atoms with van der Waals surface area (Å²) >= 11 is 1.63. The summed E-state index contributed by atoms with van der Waals surface area (Å²) in [4.78, 5) is 10.9. The Bertz CT molecular complexity index is 327. The molecule has 1 saturated carbocycles. The van der Waals surface area contributed by atoms with E-state index in [-0.39, 0.29) is 17.3 Å². The molecule has 1 aromatic rings. The standard InChI is InChI=1S/C10H12O2S/c1-10(2)7(8(10)9(11)12)6-3-4-13-5-6/h3-5,7-8H,1-2H3,(H,11,12). The largest absolute Gasteiger partial charge is 0.481 e. The van der Waals surface area contributed by atoms with Gasteiger partial charge in [-0.15, -0.1) is 0 Å². The lowest BCUT2D eigenvalue weighted by Crippen LogP contribution is -2.02. The van der Waals surface area contributed by atoms with Crippen molar-refractivity contribution in [3.63, 3.8) is 0 Å². The molecule has 2 atom stereocenters. The van der Waals surface area contributed by atoms with E-state index in [4.69, 9.17) is 5.11 Å². The SMILES string of the molecule is CC1(C)C(C(=O)O)C1c1ccsc1. The molecule has 13 heavy (non-hydrogen) atoms. The van der Waals surface area contributed by atoms with Crippen molar-refractivity contribution in [2.75, 3.05) is 0 Å². The third-order valence-corrected chi connectivity index (χ3v) is 3.70. The third-order valence-electron chi connectivity index (χ3n) is 3.00. The number of thiophene rings is 1. The van der Waals surface area contributed by atoms with Crippen LogP contribution in [0.15, 0.2) is 16.8 Å².